The lowest BCUT2D eigenvalue weighted by atomic mass is 9.72. The first-order chi connectivity index (χ1) is 35.7. The summed E-state index contributed by atoms with van der Waals surface area (Å²) >= 11 is 0. The van der Waals surface area contributed by atoms with Gasteiger partial charge in [0.05, 0.1) is 40.3 Å². The summed E-state index contributed by atoms with van der Waals surface area (Å²) < 4.78 is 34.1. The van der Waals surface area contributed by atoms with Gasteiger partial charge in [-0.3, -0.25) is 0 Å². The van der Waals surface area contributed by atoms with Gasteiger partial charge in [0.1, 0.15) is 24.9 Å². The van der Waals surface area contributed by atoms with Gasteiger partial charge in [-0.15, -0.1) is 0 Å². The zero-order chi connectivity index (χ0) is 55.4. The summed E-state index contributed by atoms with van der Waals surface area (Å²) in [6, 6.07) is 0.916. The summed E-state index contributed by atoms with van der Waals surface area (Å²) in [6.45, 7) is -2.91. The molecule has 1 saturated heterocycles. The number of carbonyl (C=O) groups is 5. The Balaban J connectivity index is 1.39. The highest BCUT2D eigenvalue weighted by atomic mass is 16.7. The van der Waals surface area contributed by atoms with Crippen LogP contribution >= 0.6 is 0 Å². The van der Waals surface area contributed by atoms with Gasteiger partial charge in [-0.05, 0) is 18.2 Å². The lowest BCUT2D eigenvalue weighted by molar-refractivity contribution is -0.267. The molecule has 398 valence electrons. The minimum absolute atomic E-state index is 0.271. The maximum Gasteiger partial charge on any atom is 0.340 e. The van der Waals surface area contributed by atoms with E-state index in [-0.39, 0.29) is 12.1 Å². The molecule has 76 heavy (non-hydrogen) atoms. The van der Waals surface area contributed by atoms with Crippen LogP contribution in [0.5, 0.6) is 86.2 Å². The van der Waals surface area contributed by atoms with E-state index in [2.05, 4.69) is 0 Å². The van der Waals surface area contributed by atoms with Crippen LogP contribution < -0.4 is 0 Å². The van der Waals surface area contributed by atoms with Crippen molar-refractivity contribution in [1.29, 1.82) is 0 Å². The first-order valence-electron chi connectivity index (χ1n) is 21.5. The quantitative estimate of drug-likeness (QED) is 0.0583. The molecule has 5 aromatic rings. The number of phenols is 15. The lowest BCUT2D eigenvalue weighted by Crippen LogP contribution is -2.62. The molecular weight excluding hydrogens is 1030 g/mol. The van der Waals surface area contributed by atoms with Crippen molar-refractivity contribution >= 4 is 29.8 Å². The summed E-state index contributed by atoms with van der Waals surface area (Å²) in [5.41, 5.74) is -16.3. The zero-order valence-electron chi connectivity index (χ0n) is 37.3. The van der Waals surface area contributed by atoms with Crippen molar-refractivity contribution < 1.29 is 149 Å². The number of aromatic hydroxyl groups is 15. The van der Waals surface area contributed by atoms with Crippen molar-refractivity contribution in [2.45, 2.75) is 54.4 Å². The number of phenolic OH excluding ortho intramolecular Hbond substituents is 15. The summed E-state index contributed by atoms with van der Waals surface area (Å²) in [6.07, 6.45) is -19.0. The number of benzene rings is 5. The minimum atomic E-state index is -3.71. The van der Waals surface area contributed by atoms with E-state index in [0.717, 1.165) is 0 Å². The number of aliphatic hydroxyl groups is 4. The second-order valence-corrected chi connectivity index (χ2v) is 17.6. The number of carbonyl (C=O) groups excluding carboxylic acids is 5. The van der Waals surface area contributed by atoms with Crippen molar-refractivity contribution in [3.63, 3.8) is 0 Å². The summed E-state index contributed by atoms with van der Waals surface area (Å²) in [7, 11) is 0. The maximum absolute atomic E-state index is 15.5. The van der Waals surface area contributed by atoms with Gasteiger partial charge in [0.2, 0.25) is 34.5 Å². The third-order valence-electron chi connectivity index (χ3n) is 13.6. The predicted molar refractivity (Wildman–Crippen MR) is 233 cm³/mol. The predicted octanol–water partition coefficient (Wildman–Crippen LogP) is -0.830. The number of aliphatic hydroxyl groups excluding tert-OH is 3. The Kier molecular flexibility index (Phi) is 10.9. The van der Waals surface area contributed by atoms with E-state index in [9.17, 15) is 111 Å². The SMILES string of the molecule is O=C1OC[C@H]2OC(=O)c3cc(O)c(O)c(O)c3-c3c(O)c(O)c(O)c4c3C(=O)O[C@H]([C@H]3OC(=O)c5c-4c(O)c(O)c(O)c5[C@@H]3[C@@]3(O)O[C@@H](CO)[C@@H](O)[C@H]3O)[C@@H]2OC(=O)c2cc(O)c(O)c(O)c2-c2c1cc(O)c(O)c2O. The Morgan fingerprint density at radius 2 is 0.829 bits per heavy atom. The van der Waals surface area contributed by atoms with Crippen molar-refractivity contribution in [2.24, 2.45) is 0 Å². The van der Waals surface area contributed by atoms with E-state index >= 15 is 9.59 Å². The molecule has 0 amide bonds. The molecular formula is C46H34O30. The Morgan fingerprint density at radius 1 is 0.434 bits per heavy atom. The Bertz CT molecular complexity index is 3510. The zero-order valence-corrected chi connectivity index (χ0v) is 37.3. The van der Waals surface area contributed by atoms with Crippen LogP contribution in [0, 0.1) is 0 Å². The molecule has 30 heteroatoms. The minimum Gasteiger partial charge on any atom is -0.504 e. The third-order valence-corrected chi connectivity index (χ3v) is 13.6. The normalized spacial score (nSPS) is 25.5. The van der Waals surface area contributed by atoms with Gasteiger partial charge in [0.25, 0.3) is 0 Å². The van der Waals surface area contributed by atoms with Crippen molar-refractivity contribution in [2.75, 3.05) is 13.2 Å². The smallest absolute Gasteiger partial charge is 0.340 e. The molecule has 1 fully saturated rings. The van der Waals surface area contributed by atoms with Crippen molar-refractivity contribution in [1.82, 2.24) is 0 Å². The molecule has 0 saturated carbocycles. The number of fused-ring (bicyclic) bond motifs is 7. The van der Waals surface area contributed by atoms with Crippen LogP contribution in [0.1, 0.15) is 63.3 Å². The average Bonchev–Trinajstić information content (AvgIpc) is 3.70. The standard InChI is InChI=1S/C46H34O30/c47-4-12-27(54)40(64)46(70,76-12)23-22-21-19(33(60)36(63)34(22)61)18-20-17(31(58)35(62)32(18)59)16-8(3-11(50)26(53)30(16)57)42(66)72-13-5-71-41(65)6-1-9(48)24(51)28(55)14(6)15-7(2-10(49)25(52)29(15)56)43(67)73-37(13)39(75-44(20)68)38(23)74-45(21)69/h1-3,12-13,23,27,37-40,47-64,70H,4-5H2/t12-,13+,23-,27+,37+,38-,39-,40+,46+/m0/s1. The Hall–Kier alpha value is -9.75. The summed E-state index contributed by atoms with van der Waals surface area (Å²) in [4.78, 5) is 74.4. The third kappa shape index (κ3) is 6.54. The average molecular weight is 1070 g/mol. The highest BCUT2D eigenvalue weighted by Gasteiger charge is 2.67. The summed E-state index contributed by atoms with van der Waals surface area (Å²) in [5, 5.41) is 214. The fourth-order valence-corrected chi connectivity index (χ4v) is 10.1. The molecule has 0 unspecified atom stereocenters. The van der Waals surface area contributed by atoms with E-state index in [1.54, 1.807) is 0 Å². The van der Waals surface area contributed by atoms with Gasteiger partial charge < -0.3 is 125 Å². The van der Waals surface area contributed by atoms with E-state index in [1.165, 1.54) is 0 Å². The van der Waals surface area contributed by atoms with Crippen LogP contribution in [-0.2, 0) is 28.4 Å². The van der Waals surface area contributed by atoms with Crippen LogP contribution in [0.15, 0.2) is 18.2 Å². The van der Waals surface area contributed by atoms with Crippen molar-refractivity contribution in [3.8, 4) is 120 Å². The highest BCUT2D eigenvalue weighted by Crippen LogP contribution is 2.64. The van der Waals surface area contributed by atoms with Gasteiger partial charge in [-0.2, -0.15) is 0 Å². The molecule has 30 nitrogen and oxygen atoms in total. The largest absolute Gasteiger partial charge is 0.504 e. The van der Waals surface area contributed by atoms with Crippen LogP contribution in [-0.4, -0.2) is 189 Å². The van der Waals surface area contributed by atoms with Gasteiger partial charge in [-0.1, -0.05) is 0 Å². The number of ether oxygens (including phenoxy) is 6. The number of rotatable bonds is 2. The molecule has 0 aliphatic carbocycles. The fraction of sp³-hybridized carbons (Fsp3) is 0.239. The first kappa shape index (κ1) is 49.8. The maximum atomic E-state index is 15.5. The van der Waals surface area contributed by atoms with Gasteiger partial charge in [0, 0.05) is 38.9 Å². The molecule has 6 heterocycles. The number of hydrogen-bond donors (Lipinski definition) is 19. The molecule has 6 aliphatic heterocycles. The van der Waals surface area contributed by atoms with Gasteiger partial charge in [0.15, 0.2) is 81.9 Å². The molecule has 5 aromatic carbocycles. The van der Waals surface area contributed by atoms with Crippen LogP contribution in [0.2, 0.25) is 0 Å². The molecule has 0 spiro atoms. The van der Waals surface area contributed by atoms with E-state index in [4.69, 9.17) is 28.4 Å². The fourth-order valence-electron chi connectivity index (χ4n) is 10.1. The first-order valence-corrected chi connectivity index (χ1v) is 21.5. The second-order valence-electron chi connectivity index (χ2n) is 17.6. The molecule has 9 atom stereocenters. The molecule has 6 aliphatic rings. The molecule has 0 radical (unpaired) electrons. The highest BCUT2D eigenvalue weighted by molar-refractivity contribution is 6.16. The van der Waals surface area contributed by atoms with E-state index < -0.39 is 250 Å². The number of hydrogen-bond acceptors (Lipinski definition) is 30. The number of cyclic esters (lactones) is 1. The Morgan fingerprint density at radius 3 is 1.33 bits per heavy atom. The molecule has 0 aromatic heterocycles. The summed E-state index contributed by atoms with van der Waals surface area (Å²) in [5.74, 6) is -40.7. The lowest BCUT2D eigenvalue weighted by Gasteiger charge is -2.46. The van der Waals surface area contributed by atoms with E-state index in [0.29, 0.717) is 6.07 Å². The molecule has 6 bridgehead atoms. The van der Waals surface area contributed by atoms with Crippen LogP contribution in [0.25, 0.3) is 33.4 Å². The Labute approximate surface area is 417 Å². The van der Waals surface area contributed by atoms with Gasteiger partial charge >= 0.3 is 29.8 Å². The molecule has 19 N–H and O–H groups in total. The van der Waals surface area contributed by atoms with Gasteiger partial charge in [-0.25, -0.2) is 24.0 Å². The monoisotopic (exact) mass is 1070 g/mol. The van der Waals surface area contributed by atoms with Crippen molar-refractivity contribution in [3.05, 3.63) is 51.6 Å². The van der Waals surface area contributed by atoms with Crippen LogP contribution in [0.3, 0.4) is 0 Å². The second kappa shape index (κ2) is 16.6. The molecule has 11 rings (SSSR count). The van der Waals surface area contributed by atoms with Crippen LogP contribution in [0.4, 0.5) is 0 Å². The van der Waals surface area contributed by atoms with E-state index in [1.807, 2.05) is 0 Å². The topological polar surface area (TPSA) is 525 Å². The number of esters is 5.